The van der Waals surface area contributed by atoms with E-state index in [1.165, 1.54) is 5.32 Å². The Labute approximate surface area is 55.6 Å². The molecule has 7 heteroatoms. The Morgan fingerprint density at radius 1 is 1.60 bits per heavy atom. The van der Waals surface area contributed by atoms with E-state index in [1.54, 1.807) is 0 Å². The van der Waals surface area contributed by atoms with Gasteiger partial charge in [-0.3, -0.25) is 0 Å². The number of imide groups is 1. The third-order valence-electron chi connectivity index (χ3n) is 0.630. The van der Waals surface area contributed by atoms with Gasteiger partial charge in [-0.2, -0.15) is 5.01 Å². The summed E-state index contributed by atoms with van der Waals surface area (Å²) >= 11 is 0. The normalized spacial score (nSPS) is 8.10. The predicted octanol–water partition coefficient (Wildman–Crippen LogP) is -0.0128. The first-order valence-corrected chi connectivity index (χ1v) is 2.19. The molecule has 7 nitrogen and oxygen atoms in total. The largest absolute Gasteiger partial charge is 0.465 e. The Morgan fingerprint density at radius 2 is 2.10 bits per heavy atom. The molecule has 3 amide bonds. The van der Waals surface area contributed by atoms with Crippen molar-refractivity contribution in [1.82, 2.24) is 10.3 Å². The van der Waals surface area contributed by atoms with Crippen LogP contribution in [-0.4, -0.2) is 29.3 Å². The van der Waals surface area contributed by atoms with Crippen molar-refractivity contribution in [3.05, 3.63) is 4.91 Å². The Morgan fingerprint density at radius 3 is 2.40 bits per heavy atom. The lowest BCUT2D eigenvalue weighted by Gasteiger charge is -2.03. The molecular weight excluding hydrogens is 142 g/mol. The Hall–Kier alpha value is -1.66. The van der Waals surface area contributed by atoms with E-state index in [9.17, 15) is 14.5 Å². The van der Waals surface area contributed by atoms with Gasteiger partial charge in [-0.25, -0.2) is 14.9 Å². The predicted molar refractivity (Wildman–Crippen MR) is 30.1 cm³/mol. The fourth-order valence-corrected chi connectivity index (χ4v) is 0.209. The summed E-state index contributed by atoms with van der Waals surface area (Å²) in [6.45, 7) is 0. The SMILES string of the molecule is CN(N=O)C(=O)NC(=O)O. The van der Waals surface area contributed by atoms with Crippen LogP contribution in [-0.2, 0) is 0 Å². The Bertz CT molecular complexity index is 167. The molecule has 0 aliphatic rings. The molecular formula is C3H5N3O4. The van der Waals surface area contributed by atoms with E-state index in [0.717, 1.165) is 7.05 Å². The molecule has 0 aliphatic heterocycles. The molecule has 0 aromatic carbocycles. The van der Waals surface area contributed by atoms with Crippen molar-refractivity contribution in [2.75, 3.05) is 7.05 Å². The number of hydrogen-bond acceptors (Lipinski definition) is 4. The standard InChI is InChI=1S/C3H5N3O4/c1-6(5-10)2(7)4-3(8)9/h1H3,(H,4,7)(H,8,9). The summed E-state index contributed by atoms with van der Waals surface area (Å²) in [6, 6.07) is -1.08. The molecule has 0 unspecified atom stereocenters. The molecule has 0 aliphatic carbocycles. The van der Waals surface area contributed by atoms with Crippen LogP contribution in [0.5, 0.6) is 0 Å². The first kappa shape index (κ1) is 8.34. The topological polar surface area (TPSA) is 99.1 Å². The first-order valence-electron chi connectivity index (χ1n) is 2.19. The monoisotopic (exact) mass is 147 g/mol. The summed E-state index contributed by atoms with van der Waals surface area (Å²) in [5, 5.41) is 11.8. The van der Waals surface area contributed by atoms with Gasteiger partial charge in [0.25, 0.3) is 0 Å². The van der Waals surface area contributed by atoms with Gasteiger partial charge >= 0.3 is 12.1 Å². The maximum Gasteiger partial charge on any atom is 0.412 e. The number of urea groups is 1. The summed E-state index contributed by atoms with van der Waals surface area (Å²) < 4.78 is 0. The van der Waals surface area contributed by atoms with E-state index in [1.807, 2.05) is 0 Å². The lowest BCUT2D eigenvalue weighted by Crippen LogP contribution is -2.36. The molecule has 0 aromatic heterocycles. The smallest absolute Gasteiger partial charge is 0.412 e. The first-order chi connectivity index (χ1) is 4.57. The van der Waals surface area contributed by atoms with Crippen LogP contribution in [0.15, 0.2) is 5.29 Å². The van der Waals surface area contributed by atoms with Crippen molar-refractivity contribution in [2.45, 2.75) is 0 Å². The maximum atomic E-state index is 10.3. The Balaban J connectivity index is 3.84. The van der Waals surface area contributed by atoms with E-state index < -0.39 is 12.1 Å². The van der Waals surface area contributed by atoms with Gasteiger partial charge in [-0.05, 0) is 0 Å². The number of nitroso groups, excluding NO2 is 1. The highest BCUT2D eigenvalue weighted by molar-refractivity contribution is 5.89. The number of nitrogens with one attached hydrogen (secondary N) is 1. The molecule has 0 spiro atoms. The van der Waals surface area contributed by atoms with Crippen LogP contribution in [0.25, 0.3) is 0 Å². The minimum atomic E-state index is -1.53. The van der Waals surface area contributed by atoms with Gasteiger partial charge in [-0.1, -0.05) is 0 Å². The van der Waals surface area contributed by atoms with E-state index in [4.69, 9.17) is 5.11 Å². The molecule has 0 atom stereocenters. The summed E-state index contributed by atoms with van der Waals surface area (Å²) in [5.74, 6) is 0. The molecule has 0 aromatic rings. The lowest BCUT2D eigenvalue weighted by molar-refractivity contribution is 0.182. The molecule has 0 heterocycles. The molecule has 0 fully saturated rings. The summed E-state index contributed by atoms with van der Waals surface area (Å²) in [5.41, 5.74) is 0. The zero-order chi connectivity index (χ0) is 8.15. The van der Waals surface area contributed by atoms with Crippen LogP contribution in [0.4, 0.5) is 9.59 Å². The van der Waals surface area contributed by atoms with E-state index in [0.29, 0.717) is 5.01 Å². The summed E-state index contributed by atoms with van der Waals surface area (Å²) in [4.78, 5) is 29.6. The number of carbonyl (C=O) groups is 2. The van der Waals surface area contributed by atoms with Gasteiger partial charge in [-0.15, -0.1) is 4.91 Å². The highest BCUT2D eigenvalue weighted by Crippen LogP contribution is 1.81. The number of hydrogen-bond donors (Lipinski definition) is 2. The molecule has 0 saturated carbocycles. The van der Waals surface area contributed by atoms with E-state index in [-0.39, 0.29) is 0 Å². The number of rotatable bonds is 1. The highest BCUT2D eigenvalue weighted by atomic mass is 16.4. The van der Waals surface area contributed by atoms with Crippen molar-refractivity contribution < 1.29 is 14.7 Å². The molecule has 0 radical (unpaired) electrons. The minimum absolute atomic E-state index is 0.327. The lowest BCUT2D eigenvalue weighted by atomic mass is 10.9. The van der Waals surface area contributed by atoms with Crippen molar-refractivity contribution in [2.24, 2.45) is 5.29 Å². The quantitative estimate of drug-likeness (QED) is 0.402. The van der Waals surface area contributed by atoms with Crippen LogP contribution < -0.4 is 5.32 Å². The fraction of sp³-hybridized carbons (Fsp3) is 0.333. The average Bonchev–Trinajstić information content (AvgIpc) is 1.85. The zero-order valence-electron chi connectivity index (χ0n) is 5.07. The van der Waals surface area contributed by atoms with Crippen LogP contribution in [0, 0.1) is 4.91 Å². The third kappa shape index (κ3) is 2.60. The summed E-state index contributed by atoms with van der Waals surface area (Å²) in [7, 11) is 1.03. The average molecular weight is 147 g/mol. The van der Waals surface area contributed by atoms with Gasteiger partial charge in [0.1, 0.15) is 0 Å². The molecule has 2 N–H and O–H groups in total. The van der Waals surface area contributed by atoms with Crippen LogP contribution in [0.1, 0.15) is 0 Å². The maximum absolute atomic E-state index is 10.3. The van der Waals surface area contributed by atoms with Gasteiger partial charge in [0.05, 0.1) is 5.29 Å². The number of carboxylic acid groups (broad SMARTS) is 1. The second-order valence-corrected chi connectivity index (χ2v) is 1.34. The number of nitrogens with zero attached hydrogens (tertiary/aromatic N) is 2. The molecule has 56 valence electrons. The fourth-order valence-electron chi connectivity index (χ4n) is 0.209. The van der Waals surface area contributed by atoms with Crippen LogP contribution >= 0.6 is 0 Å². The third-order valence-corrected chi connectivity index (χ3v) is 0.630. The Kier molecular flexibility index (Phi) is 2.82. The van der Waals surface area contributed by atoms with Crippen LogP contribution in [0.2, 0.25) is 0 Å². The van der Waals surface area contributed by atoms with Crippen molar-refractivity contribution in [1.29, 1.82) is 0 Å². The van der Waals surface area contributed by atoms with Gasteiger partial charge in [0.2, 0.25) is 0 Å². The molecule has 10 heavy (non-hydrogen) atoms. The van der Waals surface area contributed by atoms with Crippen molar-refractivity contribution in [3.8, 4) is 0 Å². The van der Waals surface area contributed by atoms with Crippen LogP contribution in [0.3, 0.4) is 0 Å². The van der Waals surface area contributed by atoms with E-state index >= 15 is 0 Å². The molecule has 0 rings (SSSR count). The van der Waals surface area contributed by atoms with E-state index in [2.05, 4.69) is 5.29 Å². The summed E-state index contributed by atoms with van der Waals surface area (Å²) in [6.07, 6.45) is -1.53. The second-order valence-electron chi connectivity index (χ2n) is 1.34. The highest BCUT2D eigenvalue weighted by Gasteiger charge is 2.10. The number of carbonyl (C=O) groups excluding carboxylic acids is 1. The minimum Gasteiger partial charge on any atom is -0.465 e. The number of amides is 3. The van der Waals surface area contributed by atoms with Gasteiger partial charge < -0.3 is 5.11 Å². The van der Waals surface area contributed by atoms with Gasteiger partial charge in [0.15, 0.2) is 0 Å². The zero-order valence-corrected chi connectivity index (χ0v) is 5.07. The molecule has 0 saturated heterocycles. The van der Waals surface area contributed by atoms with Gasteiger partial charge in [0, 0.05) is 7.05 Å². The second kappa shape index (κ2) is 3.38. The molecule has 0 bridgehead atoms. The van der Waals surface area contributed by atoms with Crippen molar-refractivity contribution in [3.63, 3.8) is 0 Å². The van der Waals surface area contributed by atoms with Crippen molar-refractivity contribution >= 4 is 12.1 Å².